The monoisotopic (exact) mass is 599 g/mol. The summed E-state index contributed by atoms with van der Waals surface area (Å²) < 4.78 is 25.1. The molecule has 1 aliphatic rings. The van der Waals surface area contributed by atoms with Crippen molar-refractivity contribution >= 4 is 49.0 Å². The molecule has 35 heavy (non-hydrogen) atoms. The van der Waals surface area contributed by atoms with Gasteiger partial charge in [-0.2, -0.15) is 9.78 Å². The van der Waals surface area contributed by atoms with Gasteiger partial charge >= 0.3 is 0 Å². The van der Waals surface area contributed by atoms with Crippen LogP contribution in [0.15, 0.2) is 67.4 Å². The van der Waals surface area contributed by atoms with Crippen LogP contribution < -0.4 is 24.5 Å². The standard InChI is InChI=1S/C25H19Br2N3O5/c1-14-29-20-5-4-17(26)10-18(20)25(31)30(14)28-11-16-7-19(27)24(23(9-16)32-2)33-12-15-3-6-21-22(8-15)35-13-34-21/h3-11H,12-13H2,1-2H3. The number of halogens is 2. The third-order valence-electron chi connectivity index (χ3n) is 5.36. The highest BCUT2D eigenvalue weighted by Crippen LogP contribution is 2.38. The zero-order chi connectivity index (χ0) is 24.5. The summed E-state index contributed by atoms with van der Waals surface area (Å²) >= 11 is 6.96. The van der Waals surface area contributed by atoms with E-state index in [1.165, 1.54) is 4.68 Å². The first-order chi connectivity index (χ1) is 16.9. The van der Waals surface area contributed by atoms with E-state index in [1.54, 1.807) is 38.4 Å². The number of hydrogen-bond donors (Lipinski definition) is 0. The smallest absolute Gasteiger partial charge is 0.282 e. The number of benzene rings is 3. The summed E-state index contributed by atoms with van der Waals surface area (Å²) in [6.07, 6.45) is 1.58. The molecular weight excluding hydrogens is 582 g/mol. The number of methoxy groups -OCH3 is 1. The Morgan fingerprint density at radius 3 is 2.77 bits per heavy atom. The Hall–Kier alpha value is -3.37. The summed E-state index contributed by atoms with van der Waals surface area (Å²) in [6.45, 7) is 2.27. The number of hydrogen-bond acceptors (Lipinski definition) is 7. The van der Waals surface area contributed by atoms with Crippen LogP contribution >= 0.6 is 31.9 Å². The van der Waals surface area contributed by atoms with E-state index in [9.17, 15) is 4.79 Å². The zero-order valence-corrected chi connectivity index (χ0v) is 21.9. The molecule has 0 spiro atoms. The van der Waals surface area contributed by atoms with Gasteiger partial charge in [-0.1, -0.05) is 22.0 Å². The molecule has 0 bridgehead atoms. The van der Waals surface area contributed by atoms with Gasteiger partial charge in [0.25, 0.3) is 5.56 Å². The number of aromatic nitrogens is 2. The Morgan fingerprint density at radius 2 is 1.94 bits per heavy atom. The van der Waals surface area contributed by atoms with Crippen molar-refractivity contribution < 1.29 is 18.9 Å². The first kappa shape index (κ1) is 23.4. The maximum atomic E-state index is 13.0. The fourth-order valence-electron chi connectivity index (χ4n) is 3.66. The van der Waals surface area contributed by atoms with Crippen LogP contribution in [-0.4, -0.2) is 29.8 Å². The topological polar surface area (TPSA) is 84.2 Å². The first-order valence-corrected chi connectivity index (χ1v) is 12.1. The summed E-state index contributed by atoms with van der Waals surface area (Å²) in [7, 11) is 1.57. The molecule has 1 aliphatic heterocycles. The van der Waals surface area contributed by atoms with E-state index >= 15 is 0 Å². The third kappa shape index (κ3) is 4.76. The predicted octanol–water partition coefficient (Wildman–Crippen LogP) is 5.43. The molecule has 3 aromatic carbocycles. The Morgan fingerprint density at radius 1 is 1.11 bits per heavy atom. The number of fused-ring (bicyclic) bond motifs is 2. The molecule has 1 aromatic heterocycles. The van der Waals surface area contributed by atoms with Crippen LogP contribution in [0.25, 0.3) is 10.9 Å². The van der Waals surface area contributed by atoms with Crippen LogP contribution in [-0.2, 0) is 6.61 Å². The quantitative estimate of drug-likeness (QED) is 0.275. The number of aryl methyl sites for hydroxylation is 1. The molecule has 0 saturated carbocycles. The van der Waals surface area contributed by atoms with E-state index in [1.807, 2.05) is 30.3 Å². The lowest BCUT2D eigenvalue weighted by Crippen LogP contribution is -2.20. The van der Waals surface area contributed by atoms with Crippen molar-refractivity contribution in [3.8, 4) is 23.0 Å². The number of nitrogens with zero attached hydrogens (tertiary/aromatic N) is 3. The van der Waals surface area contributed by atoms with Gasteiger partial charge in [0.2, 0.25) is 6.79 Å². The SMILES string of the molecule is COc1cc(C=Nn2c(C)nc3ccc(Br)cc3c2=O)cc(Br)c1OCc1ccc2c(c1)OCO2. The lowest BCUT2D eigenvalue weighted by Gasteiger charge is -2.14. The molecule has 8 nitrogen and oxygen atoms in total. The Labute approximate surface area is 217 Å². The fraction of sp³-hybridized carbons (Fsp3) is 0.160. The maximum absolute atomic E-state index is 13.0. The number of rotatable bonds is 6. The molecule has 4 aromatic rings. The second kappa shape index (κ2) is 9.71. The highest BCUT2D eigenvalue weighted by atomic mass is 79.9. The Kier molecular flexibility index (Phi) is 6.48. The van der Waals surface area contributed by atoms with Gasteiger partial charge < -0.3 is 18.9 Å². The molecule has 5 rings (SSSR count). The van der Waals surface area contributed by atoms with E-state index < -0.39 is 0 Å². The molecule has 178 valence electrons. The Bertz CT molecular complexity index is 1530. The molecule has 0 N–H and O–H groups in total. The van der Waals surface area contributed by atoms with Crippen molar-refractivity contribution in [2.24, 2.45) is 5.10 Å². The summed E-state index contributed by atoms with van der Waals surface area (Å²) in [5, 5.41) is 4.87. The molecule has 2 heterocycles. The van der Waals surface area contributed by atoms with E-state index in [4.69, 9.17) is 18.9 Å². The van der Waals surface area contributed by atoms with Crippen LogP contribution in [0.4, 0.5) is 0 Å². The van der Waals surface area contributed by atoms with Crippen molar-refractivity contribution in [3.05, 3.63) is 84.8 Å². The van der Waals surface area contributed by atoms with Gasteiger partial charge in [-0.3, -0.25) is 4.79 Å². The highest BCUT2D eigenvalue weighted by molar-refractivity contribution is 9.10. The normalized spacial score (nSPS) is 12.5. The van der Waals surface area contributed by atoms with E-state index in [0.29, 0.717) is 50.6 Å². The lowest BCUT2D eigenvalue weighted by molar-refractivity contribution is 0.174. The van der Waals surface area contributed by atoms with Gasteiger partial charge in [0.05, 0.1) is 28.7 Å². The van der Waals surface area contributed by atoms with Gasteiger partial charge in [-0.05, 0) is 76.4 Å². The fourth-order valence-corrected chi connectivity index (χ4v) is 4.60. The molecule has 0 radical (unpaired) electrons. The van der Waals surface area contributed by atoms with Crippen molar-refractivity contribution in [3.63, 3.8) is 0 Å². The van der Waals surface area contributed by atoms with Crippen LogP contribution in [0.3, 0.4) is 0 Å². The summed E-state index contributed by atoms with van der Waals surface area (Å²) in [6, 6.07) is 14.7. The zero-order valence-electron chi connectivity index (χ0n) is 18.7. The minimum absolute atomic E-state index is 0.223. The van der Waals surface area contributed by atoms with Crippen molar-refractivity contribution in [2.45, 2.75) is 13.5 Å². The van der Waals surface area contributed by atoms with Crippen LogP contribution in [0.2, 0.25) is 0 Å². The molecule has 0 amide bonds. The van der Waals surface area contributed by atoms with Gasteiger partial charge in [0, 0.05) is 4.47 Å². The summed E-state index contributed by atoms with van der Waals surface area (Å²) in [5.41, 5.74) is 2.01. The molecular formula is C25H19Br2N3O5. The lowest BCUT2D eigenvalue weighted by atomic mass is 10.2. The van der Waals surface area contributed by atoms with Crippen LogP contribution in [0.1, 0.15) is 17.0 Å². The van der Waals surface area contributed by atoms with Gasteiger partial charge in [-0.25, -0.2) is 4.98 Å². The second-order valence-corrected chi connectivity index (χ2v) is 9.46. The predicted molar refractivity (Wildman–Crippen MR) is 139 cm³/mol. The van der Waals surface area contributed by atoms with E-state index in [-0.39, 0.29) is 12.4 Å². The van der Waals surface area contributed by atoms with Gasteiger partial charge in [-0.15, -0.1) is 0 Å². The van der Waals surface area contributed by atoms with Crippen LogP contribution in [0, 0.1) is 6.92 Å². The van der Waals surface area contributed by atoms with Crippen molar-refractivity contribution in [2.75, 3.05) is 13.9 Å². The van der Waals surface area contributed by atoms with Gasteiger partial charge in [0.1, 0.15) is 12.4 Å². The third-order valence-corrected chi connectivity index (χ3v) is 6.45. The largest absolute Gasteiger partial charge is 0.493 e. The second-order valence-electron chi connectivity index (χ2n) is 7.69. The highest BCUT2D eigenvalue weighted by Gasteiger charge is 2.16. The summed E-state index contributed by atoms with van der Waals surface area (Å²) in [4.78, 5) is 17.5. The minimum Gasteiger partial charge on any atom is -0.493 e. The average Bonchev–Trinajstić information content (AvgIpc) is 3.31. The van der Waals surface area contributed by atoms with Crippen molar-refractivity contribution in [1.82, 2.24) is 9.66 Å². The van der Waals surface area contributed by atoms with Crippen LogP contribution in [0.5, 0.6) is 23.0 Å². The Balaban J connectivity index is 1.41. The molecule has 0 atom stereocenters. The van der Waals surface area contributed by atoms with E-state index in [2.05, 4.69) is 41.9 Å². The molecule has 0 fully saturated rings. The van der Waals surface area contributed by atoms with Crippen molar-refractivity contribution in [1.29, 1.82) is 0 Å². The molecule has 10 heteroatoms. The maximum Gasteiger partial charge on any atom is 0.282 e. The molecule has 0 aliphatic carbocycles. The molecule has 0 saturated heterocycles. The average molecular weight is 601 g/mol. The van der Waals surface area contributed by atoms with E-state index in [0.717, 1.165) is 15.8 Å². The first-order valence-electron chi connectivity index (χ1n) is 10.5. The molecule has 0 unspecified atom stereocenters. The minimum atomic E-state index is -0.250. The van der Waals surface area contributed by atoms with Gasteiger partial charge in [0.15, 0.2) is 23.0 Å². The number of ether oxygens (including phenoxy) is 4. The summed E-state index contributed by atoms with van der Waals surface area (Å²) in [5.74, 6) is 2.97.